The molecule has 0 bridgehead atoms. The molecule has 2 aliphatic heterocycles. The first-order valence-electron chi connectivity index (χ1n) is 13.8. The molecule has 5 rings (SSSR count). The van der Waals surface area contributed by atoms with Crippen molar-refractivity contribution in [2.75, 3.05) is 6.54 Å². The van der Waals surface area contributed by atoms with E-state index in [0.29, 0.717) is 42.6 Å². The van der Waals surface area contributed by atoms with Gasteiger partial charge in [-0.05, 0) is 43.5 Å². The molecule has 0 unspecified atom stereocenters. The number of fused-ring (bicyclic) bond motifs is 5. The molecule has 3 aromatic rings. The summed E-state index contributed by atoms with van der Waals surface area (Å²) < 4.78 is 11.8. The smallest absolute Gasteiger partial charge is 0.412 e. The van der Waals surface area contributed by atoms with Crippen LogP contribution in [-0.2, 0) is 33.1 Å². The number of rotatable bonds is 10. The number of carbonyl (C=O) groups excluding carboxylic acids is 3. The number of hydrogen-bond donors (Lipinski definition) is 4. The fourth-order valence-corrected chi connectivity index (χ4v) is 5.43. The van der Waals surface area contributed by atoms with Gasteiger partial charge in [0.2, 0.25) is 11.7 Å². The number of aromatic nitrogens is 2. The van der Waals surface area contributed by atoms with Gasteiger partial charge < -0.3 is 24.5 Å². The van der Waals surface area contributed by atoms with E-state index in [-0.39, 0.29) is 60.3 Å². The number of aliphatic hydroxyl groups is 1. The molecular weight excluding hydrogens is 566 g/mol. The van der Waals surface area contributed by atoms with Gasteiger partial charge in [-0.2, -0.15) is 0 Å². The number of nitrogens with one attached hydrogen (secondary N) is 2. The Morgan fingerprint density at radius 1 is 1.21 bits per heavy atom. The lowest BCUT2D eigenvalue weighted by atomic mass is 9.86. The molecule has 2 amide bonds. The minimum atomic E-state index is -1.98. The summed E-state index contributed by atoms with van der Waals surface area (Å²) in [6, 6.07) is 5.81. The number of nitro groups is 1. The number of amides is 2. The molecular formula is C28H29N5O10. The quantitative estimate of drug-likeness (QED) is 0.0687. The van der Waals surface area contributed by atoms with Crippen molar-refractivity contribution < 1.29 is 39.1 Å². The van der Waals surface area contributed by atoms with E-state index in [1.807, 2.05) is 0 Å². The van der Waals surface area contributed by atoms with Crippen molar-refractivity contribution in [3.63, 3.8) is 0 Å². The van der Waals surface area contributed by atoms with E-state index in [4.69, 9.17) is 14.7 Å². The number of benzene rings is 1. The van der Waals surface area contributed by atoms with Crippen molar-refractivity contribution in [2.24, 2.45) is 0 Å². The summed E-state index contributed by atoms with van der Waals surface area (Å²) in [6.07, 6.45) is 1.90. The fourth-order valence-electron chi connectivity index (χ4n) is 5.43. The largest absolute Gasteiger partial charge is 0.458 e. The van der Waals surface area contributed by atoms with Gasteiger partial charge in [0.05, 0.1) is 39.3 Å². The summed E-state index contributed by atoms with van der Waals surface area (Å²) in [4.78, 5) is 65.2. The zero-order chi connectivity index (χ0) is 30.9. The molecule has 0 saturated heterocycles. The minimum Gasteiger partial charge on any atom is -0.458 e. The van der Waals surface area contributed by atoms with Gasteiger partial charge in [-0.15, -0.1) is 0 Å². The summed E-state index contributed by atoms with van der Waals surface area (Å²) in [7, 11) is 0. The van der Waals surface area contributed by atoms with Crippen LogP contribution in [0.4, 0.5) is 10.5 Å². The van der Waals surface area contributed by atoms with Crippen molar-refractivity contribution >= 4 is 34.6 Å². The van der Waals surface area contributed by atoms with Crippen molar-refractivity contribution in [1.82, 2.24) is 20.3 Å². The molecule has 0 saturated carbocycles. The Morgan fingerprint density at radius 3 is 2.70 bits per heavy atom. The number of nitrogens with zero attached hydrogens (tertiary/aromatic N) is 3. The van der Waals surface area contributed by atoms with E-state index in [9.17, 15) is 34.4 Å². The predicted octanol–water partition coefficient (Wildman–Crippen LogP) is 2.53. The summed E-state index contributed by atoms with van der Waals surface area (Å²) in [5, 5.41) is 34.3. The highest BCUT2D eigenvalue weighted by atomic mass is 16.6. The van der Waals surface area contributed by atoms with Crippen LogP contribution in [0.5, 0.6) is 5.75 Å². The van der Waals surface area contributed by atoms with E-state index in [2.05, 4.69) is 10.3 Å². The third-order valence-corrected chi connectivity index (χ3v) is 7.74. The SMILES string of the molecule is CC[C@@]1(O)C(=O)OCc2c1cc1n(c2=O)Cc2cc3c([N+](=O)[O-])c(OC(=O)NCCCCCCC(=O)NO)ccc3nc2-1. The van der Waals surface area contributed by atoms with E-state index in [1.54, 1.807) is 18.5 Å². The Bertz CT molecular complexity index is 1720. The summed E-state index contributed by atoms with van der Waals surface area (Å²) in [5.74, 6) is -1.58. The monoisotopic (exact) mass is 595 g/mol. The summed E-state index contributed by atoms with van der Waals surface area (Å²) >= 11 is 0. The van der Waals surface area contributed by atoms with Gasteiger partial charge in [-0.25, -0.2) is 20.1 Å². The third kappa shape index (κ3) is 5.39. The molecule has 0 fully saturated rings. The first-order chi connectivity index (χ1) is 20.6. The van der Waals surface area contributed by atoms with Crippen LogP contribution in [0.3, 0.4) is 0 Å². The van der Waals surface area contributed by atoms with Gasteiger partial charge in [-0.1, -0.05) is 19.8 Å². The number of hydrogen-bond acceptors (Lipinski definition) is 11. The molecule has 2 aliphatic rings. The van der Waals surface area contributed by atoms with Crippen LogP contribution >= 0.6 is 0 Å². The molecule has 1 aromatic carbocycles. The molecule has 0 aliphatic carbocycles. The Balaban J connectivity index is 1.38. The number of carbonyl (C=O) groups is 3. The maximum absolute atomic E-state index is 13.4. The van der Waals surface area contributed by atoms with Gasteiger partial charge in [0.15, 0.2) is 5.60 Å². The van der Waals surface area contributed by atoms with Crippen LogP contribution in [0.1, 0.15) is 62.1 Å². The fraction of sp³-hybridized carbons (Fsp3) is 0.393. The van der Waals surface area contributed by atoms with Gasteiger partial charge in [0.1, 0.15) is 6.61 Å². The Labute approximate surface area is 243 Å². The van der Waals surface area contributed by atoms with Crippen LogP contribution in [0, 0.1) is 10.1 Å². The second-order valence-corrected chi connectivity index (χ2v) is 10.4. The molecule has 4 heterocycles. The highest BCUT2D eigenvalue weighted by Gasteiger charge is 2.45. The van der Waals surface area contributed by atoms with Gasteiger partial charge in [0.25, 0.3) is 5.56 Å². The van der Waals surface area contributed by atoms with E-state index >= 15 is 0 Å². The average Bonchev–Trinajstić information content (AvgIpc) is 3.35. The lowest BCUT2D eigenvalue weighted by molar-refractivity contribution is -0.383. The number of ether oxygens (including phenoxy) is 2. The lowest BCUT2D eigenvalue weighted by Crippen LogP contribution is -2.44. The maximum atomic E-state index is 13.4. The van der Waals surface area contributed by atoms with Crippen molar-refractivity contribution in [1.29, 1.82) is 0 Å². The van der Waals surface area contributed by atoms with E-state index in [1.165, 1.54) is 22.8 Å². The Hall–Kier alpha value is -4.89. The van der Waals surface area contributed by atoms with E-state index < -0.39 is 39.7 Å². The van der Waals surface area contributed by atoms with Crippen LogP contribution in [0.15, 0.2) is 29.1 Å². The highest BCUT2D eigenvalue weighted by Crippen LogP contribution is 2.41. The highest BCUT2D eigenvalue weighted by molar-refractivity contribution is 5.95. The van der Waals surface area contributed by atoms with Crippen LogP contribution in [-0.4, -0.2) is 49.3 Å². The number of pyridine rings is 2. The minimum absolute atomic E-state index is 0.00616. The summed E-state index contributed by atoms with van der Waals surface area (Å²) in [5.41, 5.74) is 0.436. The topological polar surface area (TPSA) is 212 Å². The molecule has 15 heteroatoms. The van der Waals surface area contributed by atoms with Crippen LogP contribution < -0.4 is 21.1 Å². The number of unbranched alkanes of at least 4 members (excludes halogenated alkanes) is 3. The van der Waals surface area contributed by atoms with Gasteiger partial charge in [-0.3, -0.25) is 24.9 Å². The molecule has 43 heavy (non-hydrogen) atoms. The lowest BCUT2D eigenvalue weighted by Gasteiger charge is -2.31. The second kappa shape index (κ2) is 11.8. The van der Waals surface area contributed by atoms with Crippen LogP contribution in [0.25, 0.3) is 22.3 Å². The Kier molecular flexibility index (Phi) is 8.10. The van der Waals surface area contributed by atoms with Crippen molar-refractivity contribution in [3.05, 3.63) is 61.4 Å². The number of esters is 1. The number of hydroxylamine groups is 1. The number of cyclic esters (lactones) is 1. The van der Waals surface area contributed by atoms with E-state index in [0.717, 1.165) is 0 Å². The van der Waals surface area contributed by atoms with Gasteiger partial charge >= 0.3 is 17.7 Å². The summed E-state index contributed by atoms with van der Waals surface area (Å²) in [6.45, 7) is 1.62. The first-order valence-corrected chi connectivity index (χ1v) is 13.8. The standard InChI is InChI=1S/C28H29N5O10/c1-2-28(38)18-12-20-23-15(13-32(20)25(35)17(18)14-42-26(28)36)11-16-19(30-23)8-9-21(24(16)33(40)41)43-27(37)29-10-6-4-3-5-7-22(34)31-39/h8-9,11-12,38-39H,2-7,10,13-14H2,1H3,(H,29,37)(H,31,34)/t28-/m0/s1. The van der Waals surface area contributed by atoms with Crippen molar-refractivity contribution in [3.8, 4) is 17.1 Å². The molecule has 15 nitrogen and oxygen atoms in total. The molecule has 1 atom stereocenters. The number of nitro benzene ring substituents is 1. The van der Waals surface area contributed by atoms with Crippen LogP contribution in [0.2, 0.25) is 0 Å². The molecule has 2 aromatic heterocycles. The normalized spacial score (nSPS) is 16.6. The molecule has 4 N–H and O–H groups in total. The predicted molar refractivity (Wildman–Crippen MR) is 148 cm³/mol. The zero-order valence-electron chi connectivity index (χ0n) is 23.2. The van der Waals surface area contributed by atoms with Crippen molar-refractivity contribution in [2.45, 2.75) is 64.2 Å². The zero-order valence-corrected chi connectivity index (χ0v) is 23.2. The molecule has 226 valence electrons. The first kappa shape index (κ1) is 29.6. The average molecular weight is 596 g/mol. The molecule has 0 spiro atoms. The molecule has 0 radical (unpaired) electrons. The van der Waals surface area contributed by atoms with Gasteiger partial charge in [0, 0.05) is 24.1 Å². The Morgan fingerprint density at radius 2 is 1.98 bits per heavy atom. The third-order valence-electron chi connectivity index (χ3n) is 7.74. The maximum Gasteiger partial charge on any atom is 0.412 e. The second-order valence-electron chi connectivity index (χ2n) is 10.4.